The van der Waals surface area contributed by atoms with Crippen LogP contribution in [0.4, 0.5) is 0 Å². The molecular weight excluding hydrogens is 518 g/mol. The van der Waals surface area contributed by atoms with Gasteiger partial charge in [0.1, 0.15) is 42.0 Å². The Morgan fingerprint density at radius 2 is 1.88 bits per heavy atom. The molecule has 5 atom stereocenters. The van der Waals surface area contributed by atoms with Crippen molar-refractivity contribution in [1.29, 1.82) is 0 Å². The van der Waals surface area contributed by atoms with Gasteiger partial charge in [-0.1, -0.05) is 31.2 Å². The van der Waals surface area contributed by atoms with Gasteiger partial charge in [-0.25, -0.2) is 4.79 Å². The summed E-state index contributed by atoms with van der Waals surface area (Å²) < 4.78 is 40.5. The minimum Gasteiger partial charge on any atom is -0.492 e. The van der Waals surface area contributed by atoms with Gasteiger partial charge in [0.25, 0.3) is 0 Å². The van der Waals surface area contributed by atoms with Crippen molar-refractivity contribution in [1.82, 2.24) is 4.90 Å². The molecule has 0 aliphatic carbocycles. The summed E-state index contributed by atoms with van der Waals surface area (Å²) in [6.07, 6.45) is 5.45. The Morgan fingerprint density at radius 3 is 2.62 bits per heavy atom. The van der Waals surface area contributed by atoms with Crippen molar-refractivity contribution in [3.8, 4) is 11.5 Å². The van der Waals surface area contributed by atoms with E-state index < -0.39 is 30.1 Å². The summed E-state index contributed by atoms with van der Waals surface area (Å²) in [6.45, 7) is 11.8. The van der Waals surface area contributed by atoms with Crippen LogP contribution in [0.25, 0.3) is 6.08 Å². The average Bonchev–Trinajstić information content (AvgIpc) is 3.24. The van der Waals surface area contributed by atoms with Gasteiger partial charge in [-0.3, -0.25) is 4.90 Å². The summed E-state index contributed by atoms with van der Waals surface area (Å²) in [7, 11) is 1.52. The van der Waals surface area contributed by atoms with E-state index in [-0.39, 0.29) is 24.4 Å². The molecule has 2 saturated heterocycles. The minimum absolute atomic E-state index is 0.0444. The van der Waals surface area contributed by atoms with Crippen LogP contribution < -0.4 is 9.47 Å². The normalized spacial score (nSPS) is 30.9. The lowest BCUT2D eigenvalue weighted by molar-refractivity contribution is -0.152. The second-order valence-corrected chi connectivity index (χ2v) is 10.9. The summed E-state index contributed by atoms with van der Waals surface area (Å²) in [6, 6.07) is 3.51. The van der Waals surface area contributed by atoms with Gasteiger partial charge in [0.05, 0.1) is 19.3 Å². The zero-order valence-electron chi connectivity index (χ0n) is 24.2. The summed E-state index contributed by atoms with van der Waals surface area (Å²) in [5, 5.41) is 10.9. The monoisotopic (exact) mass is 561 g/mol. The molecule has 2 fully saturated rings. The molecule has 10 heteroatoms. The third-order valence-electron chi connectivity index (χ3n) is 7.29. The number of aliphatic hydroxyl groups excluding tert-OH is 1. The molecule has 0 saturated carbocycles. The van der Waals surface area contributed by atoms with Crippen molar-refractivity contribution in [2.24, 2.45) is 5.92 Å². The maximum atomic E-state index is 13.5. The van der Waals surface area contributed by atoms with Gasteiger partial charge in [-0.2, -0.15) is 0 Å². The molecule has 40 heavy (non-hydrogen) atoms. The van der Waals surface area contributed by atoms with Gasteiger partial charge in [0.15, 0.2) is 12.6 Å². The number of hydrogen-bond donors (Lipinski definition) is 1. The third kappa shape index (κ3) is 8.05. The van der Waals surface area contributed by atoms with Crippen LogP contribution in [0.3, 0.4) is 0 Å². The molecule has 4 unspecified atom stereocenters. The number of morpholine rings is 1. The van der Waals surface area contributed by atoms with Gasteiger partial charge in [-0.05, 0) is 38.8 Å². The summed E-state index contributed by atoms with van der Waals surface area (Å²) in [5.41, 5.74) is 0.872. The van der Waals surface area contributed by atoms with Crippen LogP contribution in [0.1, 0.15) is 50.0 Å². The van der Waals surface area contributed by atoms with E-state index in [2.05, 4.69) is 4.90 Å². The van der Waals surface area contributed by atoms with Crippen LogP contribution in [-0.2, 0) is 23.7 Å². The molecule has 3 aliphatic rings. The molecule has 0 aromatic heterocycles. The second-order valence-electron chi connectivity index (χ2n) is 10.9. The smallest absolute Gasteiger partial charge is 0.342 e. The van der Waals surface area contributed by atoms with Gasteiger partial charge in [0, 0.05) is 38.7 Å². The highest BCUT2D eigenvalue weighted by Crippen LogP contribution is 2.35. The van der Waals surface area contributed by atoms with E-state index in [1.807, 2.05) is 52.0 Å². The van der Waals surface area contributed by atoms with Crippen molar-refractivity contribution in [2.75, 3.05) is 53.4 Å². The van der Waals surface area contributed by atoms with Crippen LogP contribution in [0.2, 0.25) is 0 Å². The average molecular weight is 562 g/mol. The Bertz CT molecular complexity index is 1050. The highest BCUT2D eigenvalue weighted by atomic mass is 16.8. The Morgan fingerprint density at radius 1 is 1.10 bits per heavy atom. The van der Waals surface area contributed by atoms with Crippen LogP contribution in [0.15, 0.2) is 30.4 Å². The molecule has 1 aromatic carbocycles. The largest absolute Gasteiger partial charge is 0.492 e. The van der Waals surface area contributed by atoms with E-state index in [1.165, 1.54) is 7.11 Å². The third-order valence-corrected chi connectivity index (χ3v) is 7.29. The van der Waals surface area contributed by atoms with Crippen molar-refractivity contribution < 1.29 is 43.1 Å². The van der Waals surface area contributed by atoms with Crippen LogP contribution in [0, 0.1) is 5.92 Å². The van der Waals surface area contributed by atoms with Gasteiger partial charge >= 0.3 is 5.97 Å². The van der Waals surface area contributed by atoms with E-state index in [0.29, 0.717) is 30.1 Å². The number of carbonyl (C=O) groups is 1. The first-order chi connectivity index (χ1) is 19.2. The lowest BCUT2D eigenvalue weighted by Gasteiger charge is -2.26. The zero-order valence-corrected chi connectivity index (χ0v) is 24.2. The van der Waals surface area contributed by atoms with Crippen molar-refractivity contribution in [3.05, 3.63) is 41.5 Å². The number of rotatable bonds is 7. The topological polar surface area (TPSA) is 105 Å². The number of methoxy groups -OCH3 is 1. The first-order valence-electron chi connectivity index (χ1n) is 14.0. The van der Waals surface area contributed by atoms with Crippen molar-refractivity contribution in [2.45, 2.75) is 64.3 Å². The number of ether oxygens (including phenoxy) is 7. The number of benzene rings is 1. The van der Waals surface area contributed by atoms with Crippen molar-refractivity contribution in [3.63, 3.8) is 0 Å². The fraction of sp³-hybridized carbons (Fsp3) is 0.633. The SMILES string of the molecule is COCOc1cc(OCCN2CCOCC2)cc2c1C(=O)OC(C)[C@H](C)/C=C\C(O)C1OC(C)(C)OC1C/C=C/2. The fourth-order valence-corrected chi connectivity index (χ4v) is 4.95. The fourth-order valence-electron chi connectivity index (χ4n) is 4.95. The second kappa shape index (κ2) is 13.9. The van der Waals surface area contributed by atoms with E-state index >= 15 is 0 Å². The first-order valence-corrected chi connectivity index (χ1v) is 14.0. The van der Waals surface area contributed by atoms with Crippen LogP contribution in [-0.4, -0.2) is 99.5 Å². The molecule has 3 aliphatic heterocycles. The summed E-state index contributed by atoms with van der Waals surface area (Å²) >= 11 is 0. The molecule has 0 amide bonds. The number of hydrogen-bond acceptors (Lipinski definition) is 10. The summed E-state index contributed by atoms with van der Waals surface area (Å²) in [4.78, 5) is 15.8. The maximum Gasteiger partial charge on any atom is 0.342 e. The molecule has 4 rings (SSSR count). The standard InChI is InChI=1S/C30H43NO9/c1-20-9-10-24(32)28-25(39-30(3,4)40-28)8-6-7-22-17-23(36-16-13-31-11-14-35-15-12-31)18-26(37-19-34-5)27(22)29(33)38-21(20)2/h6-7,9-10,17-18,20-21,24-25,28,32H,8,11-16,19H2,1-5H3/b7-6+,10-9-/t20-,21?,24?,25?,28?/m1/s1. The highest BCUT2D eigenvalue weighted by Gasteiger charge is 2.43. The number of nitrogens with zero attached hydrogens (tertiary/aromatic N) is 1. The first kappa shape index (κ1) is 30.5. The van der Waals surface area contributed by atoms with Crippen LogP contribution >= 0.6 is 0 Å². The zero-order chi connectivity index (χ0) is 28.7. The summed E-state index contributed by atoms with van der Waals surface area (Å²) in [5.74, 6) is -0.635. The lowest BCUT2D eigenvalue weighted by atomic mass is 9.99. The number of fused-ring (bicyclic) bond motifs is 2. The maximum absolute atomic E-state index is 13.5. The Labute approximate surface area is 236 Å². The molecular formula is C30H43NO9. The molecule has 0 radical (unpaired) electrons. The van der Waals surface area contributed by atoms with E-state index in [0.717, 1.165) is 32.8 Å². The number of esters is 1. The highest BCUT2D eigenvalue weighted by molar-refractivity contribution is 5.97. The van der Waals surface area contributed by atoms with E-state index in [1.54, 1.807) is 12.1 Å². The van der Waals surface area contributed by atoms with Gasteiger partial charge in [-0.15, -0.1) is 0 Å². The molecule has 1 aromatic rings. The Kier molecular flexibility index (Phi) is 10.6. The predicted molar refractivity (Wildman–Crippen MR) is 148 cm³/mol. The van der Waals surface area contributed by atoms with Gasteiger partial charge < -0.3 is 38.3 Å². The molecule has 0 spiro atoms. The van der Waals surface area contributed by atoms with Gasteiger partial charge in [0.2, 0.25) is 0 Å². The quantitative estimate of drug-likeness (QED) is 0.303. The molecule has 1 N–H and O–H groups in total. The molecule has 3 heterocycles. The van der Waals surface area contributed by atoms with Crippen molar-refractivity contribution >= 4 is 12.0 Å². The van der Waals surface area contributed by atoms with E-state index in [4.69, 9.17) is 33.2 Å². The van der Waals surface area contributed by atoms with Crippen LogP contribution in [0.5, 0.6) is 11.5 Å². The predicted octanol–water partition coefficient (Wildman–Crippen LogP) is 3.42. The Balaban J connectivity index is 1.66. The molecule has 0 bridgehead atoms. The molecule has 222 valence electrons. The lowest BCUT2D eigenvalue weighted by Crippen LogP contribution is -2.38. The number of aliphatic hydroxyl groups is 1. The van der Waals surface area contributed by atoms with E-state index in [9.17, 15) is 9.90 Å². The number of carbonyl (C=O) groups excluding carboxylic acids is 1. The minimum atomic E-state index is -0.874. The number of cyclic esters (lactones) is 1. The molecule has 10 nitrogen and oxygen atoms in total. The Hall–Kier alpha value is -2.47.